The Hall–Kier alpha value is -2.01. The molecule has 0 aliphatic rings. The molecular formula is C15H13F3O2. The fraction of sp³-hybridized carbons (Fsp3) is 0.200. The number of aryl methyl sites for hydroxylation is 1. The molecule has 2 aromatic rings. The van der Waals surface area contributed by atoms with Crippen LogP contribution in [0.4, 0.5) is 13.2 Å². The van der Waals surface area contributed by atoms with Crippen molar-refractivity contribution in [2.45, 2.75) is 13.0 Å². The topological polar surface area (TPSA) is 29.5 Å². The summed E-state index contributed by atoms with van der Waals surface area (Å²) < 4.78 is 44.3. The van der Waals surface area contributed by atoms with Gasteiger partial charge >= 0.3 is 0 Å². The van der Waals surface area contributed by atoms with Crippen LogP contribution in [-0.2, 0) is 0 Å². The molecule has 20 heavy (non-hydrogen) atoms. The minimum absolute atomic E-state index is 0.0466. The summed E-state index contributed by atoms with van der Waals surface area (Å²) in [6.45, 7) is 1.73. The molecule has 5 heteroatoms. The second-order valence-corrected chi connectivity index (χ2v) is 4.42. The first-order chi connectivity index (χ1) is 9.43. The van der Waals surface area contributed by atoms with Gasteiger partial charge in [0.2, 0.25) is 0 Å². The normalized spacial score (nSPS) is 12.3. The molecule has 0 bridgehead atoms. The number of ether oxygens (including phenoxy) is 1. The molecule has 1 unspecified atom stereocenters. The van der Waals surface area contributed by atoms with Gasteiger partial charge in [0.15, 0.2) is 17.5 Å². The number of aliphatic hydroxyl groups is 1. The molecule has 0 radical (unpaired) electrons. The Morgan fingerprint density at radius 1 is 1.05 bits per heavy atom. The maximum absolute atomic E-state index is 13.2. The summed E-state index contributed by atoms with van der Waals surface area (Å²) in [5, 5.41) is 10.2. The number of aliphatic hydroxyl groups excluding tert-OH is 1. The van der Waals surface area contributed by atoms with E-state index in [9.17, 15) is 18.3 Å². The van der Waals surface area contributed by atoms with Crippen LogP contribution in [0.3, 0.4) is 0 Å². The Morgan fingerprint density at radius 3 is 2.15 bits per heavy atom. The van der Waals surface area contributed by atoms with E-state index in [-0.39, 0.29) is 5.56 Å². The monoisotopic (exact) mass is 282 g/mol. The zero-order valence-corrected chi connectivity index (χ0v) is 11.0. The van der Waals surface area contributed by atoms with Crippen molar-refractivity contribution < 1.29 is 23.0 Å². The van der Waals surface area contributed by atoms with E-state index in [0.29, 0.717) is 16.9 Å². The highest BCUT2D eigenvalue weighted by atomic mass is 19.2. The zero-order valence-electron chi connectivity index (χ0n) is 11.0. The van der Waals surface area contributed by atoms with E-state index in [0.717, 1.165) is 12.1 Å². The van der Waals surface area contributed by atoms with Crippen molar-refractivity contribution in [3.8, 4) is 5.75 Å². The minimum atomic E-state index is -1.55. The lowest BCUT2D eigenvalue weighted by molar-refractivity contribution is 0.217. The standard InChI is InChI=1S/C15H13F3O2/c1-8-5-10(20-2)3-4-11(8)15(19)9-6-12(16)14(18)13(17)7-9/h3-7,15,19H,1-2H3. The third kappa shape index (κ3) is 2.63. The molecule has 0 saturated heterocycles. The number of rotatable bonds is 3. The quantitative estimate of drug-likeness (QED) is 0.873. The summed E-state index contributed by atoms with van der Waals surface area (Å²) in [7, 11) is 1.51. The fourth-order valence-corrected chi connectivity index (χ4v) is 1.99. The molecule has 0 aliphatic carbocycles. The molecule has 0 aromatic heterocycles. The predicted octanol–water partition coefficient (Wildman–Crippen LogP) is 3.50. The van der Waals surface area contributed by atoms with Crippen LogP contribution in [0.5, 0.6) is 5.75 Å². The summed E-state index contributed by atoms with van der Waals surface area (Å²) >= 11 is 0. The molecule has 0 spiro atoms. The van der Waals surface area contributed by atoms with Gasteiger partial charge in [0, 0.05) is 0 Å². The highest BCUT2D eigenvalue weighted by Gasteiger charge is 2.18. The predicted molar refractivity (Wildman–Crippen MR) is 68.1 cm³/mol. The van der Waals surface area contributed by atoms with Crippen molar-refractivity contribution >= 4 is 0 Å². The van der Waals surface area contributed by atoms with Gasteiger partial charge < -0.3 is 9.84 Å². The second-order valence-electron chi connectivity index (χ2n) is 4.42. The van der Waals surface area contributed by atoms with Gasteiger partial charge in [-0.2, -0.15) is 0 Å². The van der Waals surface area contributed by atoms with Crippen LogP contribution in [0.2, 0.25) is 0 Å². The highest BCUT2D eigenvalue weighted by molar-refractivity contribution is 5.40. The molecule has 1 N–H and O–H groups in total. The molecule has 1 atom stereocenters. The van der Waals surface area contributed by atoms with E-state index in [4.69, 9.17) is 4.74 Å². The van der Waals surface area contributed by atoms with Crippen LogP contribution in [0, 0.1) is 24.4 Å². The van der Waals surface area contributed by atoms with Crippen molar-refractivity contribution in [3.05, 3.63) is 64.5 Å². The third-order valence-electron chi connectivity index (χ3n) is 3.09. The van der Waals surface area contributed by atoms with Gasteiger partial charge in [0.05, 0.1) is 7.11 Å². The van der Waals surface area contributed by atoms with Crippen LogP contribution < -0.4 is 4.74 Å². The smallest absolute Gasteiger partial charge is 0.194 e. The average molecular weight is 282 g/mol. The Balaban J connectivity index is 2.43. The van der Waals surface area contributed by atoms with Gasteiger partial charge in [-0.25, -0.2) is 13.2 Å². The summed E-state index contributed by atoms with van der Waals surface area (Å²) in [4.78, 5) is 0. The van der Waals surface area contributed by atoms with Gasteiger partial charge in [-0.05, 0) is 47.9 Å². The first-order valence-corrected chi connectivity index (χ1v) is 5.91. The number of halogens is 3. The van der Waals surface area contributed by atoms with Crippen LogP contribution in [-0.4, -0.2) is 12.2 Å². The number of methoxy groups -OCH3 is 1. The van der Waals surface area contributed by atoms with Crippen LogP contribution in [0.1, 0.15) is 22.8 Å². The Labute approximate surface area is 114 Å². The molecule has 0 amide bonds. The molecule has 2 rings (SSSR count). The SMILES string of the molecule is COc1ccc(C(O)c2cc(F)c(F)c(F)c2)c(C)c1. The number of benzene rings is 2. The van der Waals surface area contributed by atoms with Gasteiger partial charge in [-0.15, -0.1) is 0 Å². The molecule has 0 heterocycles. The summed E-state index contributed by atoms with van der Waals surface area (Å²) in [6, 6.07) is 6.48. The molecule has 0 fully saturated rings. The van der Waals surface area contributed by atoms with Crippen molar-refractivity contribution in [1.82, 2.24) is 0 Å². The van der Waals surface area contributed by atoms with Gasteiger partial charge in [0.1, 0.15) is 11.9 Å². The lowest BCUT2D eigenvalue weighted by atomic mass is 9.97. The van der Waals surface area contributed by atoms with Crippen molar-refractivity contribution in [2.24, 2.45) is 0 Å². The second kappa shape index (κ2) is 5.54. The van der Waals surface area contributed by atoms with E-state index in [2.05, 4.69) is 0 Å². The lowest BCUT2D eigenvalue weighted by Gasteiger charge is -2.15. The summed E-state index contributed by atoms with van der Waals surface area (Å²) in [5.74, 6) is -3.60. The van der Waals surface area contributed by atoms with Crippen LogP contribution >= 0.6 is 0 Å². The third-order valence-corrected chi connectivity index (χ3v) is 3.09. The Kier molecular flexibility index (Phi) is 3.99. The van der Waals surface area contributed by atoms with E-state index in [1.807, 2.05) is 0 Å². The lowest BCUT2D eigenvalue weighted by Crippen LogP contribution is -2.05. The van der Waals surface area contributed by atoms with Crippen molar-refractivity contribution in [3.63, 3.8) is 0 Å². The van der Waals surface area contributed by atoms with Crippen LogP contribution in [0.15, 0.2) is 30.3 Å². The van der Waals surface area contributed by atoms with Crippen molar-refractivity contribution in [2.75, 3.05) is 7.11 Å². The molecule has 2 nitrogen and oxygen atoms in total. The van der Waals surface area contributed by atoms with Crippen LogP contribution in [0.25, 0.3) is 0 Å². The first-order valence-electron chi connectivity index (χ1n) is 5.91. The average Bonchev–Trinajstić information content (AvgIpc) is 2.43. The van der Waals surface area contributed by atoms with E-state index in [1.165, 1.54) is 7.11 Å². The molecule has 0 saturated carbocycles. The molecule has 0 aliphatic heterocycles. The molecule has 106 valence electrons. The van der Waals surface area contributed by atoms with Gasteiger partial charge in [-0.1, -0.05) is 6.07 Å². The van der Waals surface area contributed by atoms with Crippen molar-refractivity contribution in [1.29, 1.82) is 0 Å². The van der Waals surface area contributed by atoms with E-state index >= 15 is 0 Å². The first kappa shape index (κ1) is 14.4. The fourth-order valence-electron chi connectivity index (χ4n) is 1.99. The number of hydrogen-bond acceptors (Lipinski definition) is 2. The zero-order chi connectivity index (χ0) is 14.9. The minimum Gasteiger partial charge on any atom is -0.497 e. The molecular weight excluding hydrogens is 269 g/mol. The highest BCUT2D eigenvalue weighted by Crippen LogP contribution is 2.29. The maximum atomic E-state index is 13.2. The largest absolute Gasteiger partial charge is 0.497 e. The van der Waals surface area contributed by atoms with E-state index in [1.54, 1.807) is 25.1 Å². The van der Waals surface area contributed by atoms with E-state index < -0.39 is 23.6 Å². The Bertz CT molecular complexity index is 618. The molecule has 2 aromatic carbocycles. The number of hydrogen-bond donors (Lipinski definition) is 1. The maximum Gasteiger partial charge on any atom is 0.194 e. The Morgan fingerprint density at radius 2 is 1.65 bits per heavy atom. The van der Waals surface area contributed by atoms with Gasteiger partial charge in [0.25, 0.3) is 0 Å². The summed E-state index contributed by atoms with van der Waals surface area (Å²) in [6.07, 6.45) is -1.24. The summed E-state index contributed by atoms with van der Waals surface area (Å²) in [5.41, 5.74) is 1.12. The van der Waals surface area contributed by atoms with Gasteiger partial charge in [-0.3, -0.25) is 0 Å².